The Morgan fingerprint density at radius 1 is 1.60 bits per heavy atom. The number of thioether (sulfide) groups is 1. The number of hydrogen-bond acceptors (Lipinski definition) is 3. The van der Waals surface area contributed by atoms with E-state index < -0.39 is 18.0 Å². The van der Waals surface area contributed by atoms with Gasteiger partial charge in [-0.2, -0.15) is 18.3 Å². The second-order valence-corrected chi connectivity index (χ2v) is 4.35. The molecule has 0 saturated carbocycles. The van der Waals surface area contributed by atoms with Crippen molar-refractivity contribution < 1.29 is 13.2 Å². The molecule has 0 radical (unpaired) electrons. The third-order valence-corrected chi connectivity index (χ3v) is 3.17. The van der Waals surface area contributed by atoms with Crippen molar-refractivity contribution in [3.05, 3.63) is 11.8 Å². The monoisotopic (exact) mass is 239 g/mol. The van der Waals surface area contributed by atoms with E-state index in [2.05, 4.69) is 5.10 Å². The summed E-state index contributed by atoms with van der Waals surface area (Å²) in [7, 11) is 1.61. The minimum Gasteiger partial charge on any atom is -0.329 e. The zero-order valence-electron chi connectivity index (χ0n) is 8.38. The van der Waals surface area contributed by atoms with Crippen LogP contribution >= 0.6 is 11.8 Å². The van der Waals surface area contributed by atoms with E-state index in [-0.39, 0.29) is 0 Å². The maximum atomic E-state index is 12.4. The molecule has 1 rings (SSSR count). The molecule has 1 unspecified atom stereocenters. The first kappa shape index (κ1) is 12.4. The third kappa shape index (κ3) is 3.13. The standard InChI is InChI=1S/C8H12F3N3S/c1-5-3-7(14(2)13-5)15-6(4-12)8(9,10)11/h3,6H,4,12H2,1-2H3. The summed E-state index contributed by atoms with van der Waals surface area (Å²) in [4.78, 5) is 0. The highest BCUT2D eigenvalue weighted by molar-refractivity contribution is 8.00. The van der Waals surface area contributed by atoms with E-state index in [4.69, 9.17) is 5.73 Å². The van der Waals surface area contributed by atoms with E-state index in [0.29, 0.717) is 22.5 Å². The van der Waals surface area contributed by atoms with Crippen LogP contribution in [0.4, 0.5) is 13.2 Å². The molecule has 0 aliphatic carbocycles. The average Bonchev–Trinajstić information content (AvgIpc) is 2.38. The number of aryl methyl sites for hydroxylation is 2. The minimum atomic E-state index is -4.28. The molecule has 0 aromatic carbocycles. The Balaban J connectivity index is 2.80. The lowest BCUT2D eigenvalue weighted by molar-refractivity contribution is -0.126. The summed E-state index contributed by atoms with van der Waals surface area (Å²) in [5, 5.41) is 2.86. The van der Waals surface area contributed by atoms with Gasteiger partial charge in [-0.25, -0.2) is 0 Å². The van der Waals surface area contributed by atoms with Crippen molar-refractivity contribution in [2.45, 2.75) is 23.4 Å². The second kappa shape index (κ2) is 4.44. The van der Waals surface area contributed by atoms with Gasteiger partial charge in [-0.3, -0.25) is 4.68 Å². The maximum Gasteiger partial charge on any atom is 0.402 e. The summed E-state index contributed by atoms with van der Waals surface area (Å²) < 4.78 is 38.7. The number of halogens is 3. The lowest BCUT2D eigenvalue weighted by Crippen LogP contribution is -2.33. The first-order chi connectivity index (χ1) is 6.84. The Hall–Kier alpha value is -0.690. The van der Waals surface area contributed by atoms with E-state index in [9.17, 15) is 13.2 Å². The smallest absolute Gasteiger partial charge is 0.329 e. The summed E-state index contributed by atoms with van der Waals surface area (Å²) >= 11 is 0.694. The van der Waals surface area contributed by atoms with Crippen molar-refractivity contribution in [3.8, 4) is 0 Å². The van der Waals surface area contributed by atoms with Crippen LogP contribution in [0.3, 0.4) is 0 Å². The second-order valence-electron chi connectivity index (χ2n) is 3.13. The molecule has 3 nitrogen and oxygen atoms in total. The molecule has 0 spiro atoms. The van der Waals surface area contributed by atoms with Crippen LogP contribution < -0.4 is 5.73 Å². The quantitative estimate of drug-likeness (QED) is 0.817. The number of nitrogens with zero attached hydrogens (tertiary/aromatic N) is 2. The Bertz CT molecular complexity index is 334. The van der Waals surface area contributed by atoms with Crippen LogP contribution in [0.25, 0.3) is 0 Å². The molecular weight excluding hydrogens is 227 g/mol. The molecule has 0 saturated heterocycles. The molecule has 1 heterocycles. The molecule has 0 aliphatic heterocycles. The largest absolute Gasteiger partial charge is 0.402 e. The van der Waals surface area contributed by atoms with E-state index in [1.54, 1.807) is 20.0 Å². The molecule has 0 aliphatic rings. The first-order valence-electron chi connectivity index (χ1n) is 4.28. The van der Waals surface area contributed by atoms with E-state index in [1.165, 1.54) is 4.68 Å². The van der Waals surface area contributed by atoms with Gasteiger partial charge in [-0.05, 0) is 13.0 Å². The lowest BCUT2D eigenvalue weighted by atomic mass is 10.4. The Kier molecular flexibility index (Phi) is 3.67. The molecule has 1 aromatic heterocycles. The van der Waals surface area contributed by atoms with Crippen LogP contribution in [0.15, 0.2) is 11.1 Å². The predicted octanol–water partition coefficient (Wildman–Crippen LogP) is 1.71. The van der Waals surface area contributed by atoms with Crippen molar-refractivity contribution in [2.24, 2.45) is 12.8 Å². The van der Waals surface area contributed by atoms with E-state index >= 15 is 0 Å². The number of rotatable bonds is 3. The van der Waals surface area contributed by atoms with Crippen molar-refractivity contribution in [3.63, 3.8) is 0 Å². The summed E-state index contributed by atoms with van der Waals surface area (Å²) in [5.41, 5.74) is 5.79. The van der Waals surface area contributed by atoms with Crippen LogP contribution in [0, 0.1) is 6.92 Å². The fraction of sp³-hybridized carbons (Fsp3) is 0.625. The SMILES string of the molecule is Cc1cc(SC(CN)C(F)(F)F)n(C)n1. The van der Waals surface area contributed by atoms with Gasteiger partial charge < -0.3 is 5.73 Å². The van der Waals surface area contributed by atoms with Crippen LogP contribution in [-0.4, -0.2) is 27.8 Å². The lowest BCUT2D eigenvalue weighted by Gasteiger charge is -2.17. The molecule has 86 valence electrons. The van der Waals surface area contributed by atoms with Crippen LogP contribution in [0.5, 0.6) is 0 Å². The van der Waals surface area contributed by atoms with Crippen molar-refractivity contribution >= 4 is 11.8 Å². The Labute approximate surface area is 89.8 Å². The zero-order chi connectivity index (χ0) is 11.6. The number of alkyl halides is 3. The predicted molar refractivity (Wildman–Crippen MR) is 52.7 cm³/mol. The summed E-state index contributed by atoms with van der Waals surface area (Å²) in [6.07, 6.45) is -4.28. The summed E-state index contributed by atoms with van der Waals surface area (Å²) in [5.74, 6) is 0. The van der Waals surface area contributed by atoms with Crippen molar-refractivity contribution in [1.82, 2.24) is 9.78 Å². The topological polar surface area (TPSA) is 43.8 Å². The molecular formula is C8H12F3N3S. The van der Waals surface area contributed by atoms with Crippen molar-refractivity contribution in [2.75, 3.05) is 6.54 Å². The summed E-state index contributed by atoms with van der Waals surface area (Å²) in [6.45, 7) is 1.30. The van der Waals surface area contributed by atoms with Gasteiger partial charge in [0.2, 0.25) is 0 Å². The van der Waals surface area contributed by atoms with Gasteiger partial charge in [0.25, 0.3) is 0 Å². The first-order valence-corrected chi connectivity index (χ1v) is 5.16. The Morgan fingerprint density at radius 3 is 2.53 bits per heavy atom. The molecule has 15 heavy (non-hydrogen) atoms. The van der Waals surface area contributed by atoms with Gasteiger partial charge in [-0.15, -0.1) is 0 Å². The van der Waals surface area contributed by atoms with Crippen molar-refractivity contribution in [1.29, 1.82) is 0 Å². The molecule has 1 atom stereocenters. The van der Waals surface area contributed by atoms with Gasteiger partial charge in [0.1, 0.15) is 5.25 Å². The van der Waals surface area contributed by atoms with Crippen LogP contribution in [0.1, 0.15) is 5.69 Å². The number of nitrogens with two attached hydrogens (primary N) is 1. The van der Waals surface area contributed by atoms with Gasteiger partial charge >= 0.3 is 6.18 Å². The highest BCUT2D eigenvalue weighted by atomic mass is 32.2. The fourth-order valence-electron chi connectivity index (χ4n) is 1.09. The van der Waals surface area contributed by atoms with Gasteiger partial charge in [0.15, 0.2) is 0 Å². The number of aromatic nitrogens is 2. The molecule has 0 bridgehead atoms. The van der Waals surface area contributed by atoms with Gasteiger partial charge in [0.05, 0.1) is 10.7 Å². The van der Waals surface area contributed by atoms with Crippen LogP contribution in [-0.2, 0) is 7.05 Å². The van der Waals surface area contributed by atoms with E-state index in [1.807, 2.05) is 0 Å². The molecule has 1 aromatic rings. The third-order valence-electron chi connectivity index (χ3n) is 1.80. The fourth-order valence-corrected chi connectivity index (χ4v) is 2.04. The maximum absolute atomic E-state index is 12.4. The molecule has 0 amide bonds. The normalized spacial score (nSPS) is 14.3. The zero-order valence-corrected chi connectivity index (χ0v) is 9.19. The molecule has 7 heteroatoms. The molecule has 0 fully saturated rings. The van der Waals surface area contributed by atoms with Gasteiger partial charge in [-0.1, -0.05) is 11.8 Å². The van der Waals surface area contributed by atoms with E-state index in [0.717, 1.165) is 0 Å². The van der Waals surface area contributed by atoms with Gasteiger partial charge in [0, 0.05) is 13.6 Å². The Morgan fingerprint density at radius 2 is 2.20 bits per heavy atom. The summed E-state index contributed by atoms with van der Waals surface area (Å²) in [6, 6.07) is 1.61. The number of hydrogen-bond donors (Lipinski definition) is 1. The average molecular weight is 239 g/mol. The molecule has 2 N–H and O–H groups in total. The minimum absolute atomic E-state index is 0.432. The van der Waals surface area contributed by atoms with Crippen LogP contribution in [0.2, 0.25) is 0 Å². The highest BCUT2D eigenvalue weighted by Crippen LogP contribution is 2.34. The highest BCUT2D eigenvalue weighted by Gasteiger charge is 2.39.